The molecule has 0 bridgehead atoms. The van der Waals surface area contributed by atoms with E-state index in [2.05, 4.69) is 4.98 Å². The molecule has 23 heavy (non-hydrogen) atoms. The lowest BCUT2D eigenvalue weighted by Gasteiger charge is -2.32. The molecule has 1 aromatic carbocycles. The van der Waals surface area contributed by atoms with E-state index < -0.39 is 0 Å². The summed E-state index contributed by atoms with van der Waals surface area (Å²) in [6.07, 6.45) is 3.66. The standard InChI is InChI=1S/C17H19FN2O2S/c1-12-19-9-16(23-12)17(21)20-8-2-3-13(10-20)11-22-15-6-4-14(18)5-7-15/h4-7,9,13H,2-3,8,10-11H2,1H3/t13-/m0/s1. The van der Waals surface area contributed by atoms with Crippen LogP contribution in [0.4, 0.5) is 4.39 Å². The van der Waals surface area contributed by atoms with Crippen LogP contribution >= 0.6 is 11.3 Å². The maximum Gasteiger partial charge on any atom is 0.265 e. The fourth-order valence-corrected chi connectivity index (χ4v) is 3.49. The molecular formula is C17H19FN2O2S. The van der Waals surface area contributed by atoms with Gasteiger partial charge in [0.1, 0.15) is 16.4 Å². The number of hydrogen-bond donors (Lipinski definition) is 0. The van der Waals surface area contributed by atoms with E-state index in [9.17, 15) is 9.18 Å². The zero-order valence-corrected chi connectivity index (χ0v) is 13.8. The maximum atomic E-state index is 12.9. The number of piperidine rings is 1. The molecule has 122 valence electrons. The molecule has 0 radical (unpaired) electrons. The summed E-state index contributed by atoms with van der Waals surface area (Å²) in [6.45, 7) is 3.91. The summed E-state index contributed by atoms with van der Waals surface area (Å²) in [5.41, 5.74) is 0. The second-order valence-corrected chi connectivity index (χ2v) is 7.00. The molecule has 0 unspecified atom stereocenters. The van der Waals surface area contributed by atoms with Crippen molar-refractivity contribution in [2.75, 3.05) is 19.7 Å². The highest BCUT2D eigenvalue weighted by Crippen LogP contribution is 2.22. The van der Waals surface area contributed by atoms with Crippen molar-refractivity contribution in [2.24, 2.45) is 5.92 Å². The van der Waals surface area contributed by atoms with Crippen LogP contribution in [0.25, 0.3) is 0 Å². The number of halogens is 1. The van der Waals surface area contributed by atoms with Gasteiger partial charge in [-0.3, -0.25) is 4.79 Å². The Bertz CT molecular complexity index is 671. The zero-order valence-electron chi connectivity index (χ0n) is 13.0. The Morgan fingerprint density at radius 3 is 2.91 bits per heavy atom. The van der Waals surface area contributed by atoms with E-state index in [1.165, 1.54) is 23.5 Å². The number of thiazole rings is 1. The highest BCUT2D eigenvalue weighted by molar-refractivity contribution is 7.13. The van der Waals surface area contributed by atoms with Gasteiger partial charge in [-0.25, -0.2) is 9.37 Å². The van der Waals surface area contributed by atoms with Gasteiger partial charge in [0, 0.05) is 19.0 Å². The average Bonchev–Trinajstić information content (AvgIpc) is 3.00. The van der Waals surface area contributed by atoms with Gasteiger partial charge in [0.2, 0.25) is 0 Å². The van der Waals surface area contributed by atoms with Gasteiger partial charge in [0.15, 0.2) is 0 Å². The summed E-state index contributed by atoms with van der Waals surface area (Å²) in [6, 6.07) is 6.03. The minimum absolute atomic E-state index is 0.0575. The van der Waals surface area contributed by atoms with Crippen LogP contribution in [-0.4, -0.2) is 35.5 Å². The van der Waals surface area contributed by atoms with Crippen molar-refractivity contribution in [3.63, 3.8) is 0 Å². The van der Waals surface area contributed by atoms with Crippen LogP contribution in [0, 0.1) is 18.7 Å². The minimum Gasteiger partial charge on any atom is -0.493 e. The third kappa shape index (κ3) is 4.07. The van der Waals surface area contributed by atoms with E-state index in [0.717, 1.165) is 24.4 Å². The predicted octanol–water partition coefficient (Wildman–Crippen LogP) is 3.52. The van der Waals surface area contributed by atoms with E-state index in [-0.39, 0.29) is 11.7 Å². The van der Waals surface area contributed by atoms with Crippen molar-refractivity contribution in [2.45, 2.75) is 19.8 Å². The van der Waals surface area contributed by atoms with E-state index in [0.29, 0.717) is 29.7 Å². The van der Waals surface area contributed by atoms with Crippen LogP contribution in [0.1, 0.15) is 27.5 Å². The summed E-state index contributed by atoms with van der Waals surface area (Å²) >= 11 is 1.43. The Balaban J connectivity index is 1.55. The zero-order chi connectivity index (χ0) is 16.2. The van der Waals surface area contributed by atoms with Gasteiger partial charge in [0.05, 0.1) is 17.8 Å². The van der Waals surface area contributed by atoms with Crippen molar-refractivity contribution >= 4 is 17.2 Å². The molecule has 0 spiro atoms. The number of likely N-dealkylation sites (tertiary alicyclic amines) is 1. The fraction of sp³-hybridized carbons (Fsp3) is 0.412. The van der Waals surface area contributed by atoms with Gasteiger partial charge in [-0.1, -0.05) is 0 Å². The molecule has 1 saturated heterocycles. The molecule has 1 aliphatic heterocycles. The number of ether oxygens (including phenoxy) is 1. The number of carbonyl (C=O) groups excluding carboxylic acids is 1. The molecule has 4 nitrogen and oxygen atoms in total. The first-order valence-electron chi connectivity index (χ1n) is 7.72. The number of hydrogen-bond acceptors (Lipinski definition) is 4. The Morgan fingerprint density at radius 1 is 1.43 bits per heavy atom. The monoisotopic (exact) mass is 334 g/mol. The first-order valence-corrected chi connectivity index (χ1v) is 8.53. The number of amides is 1. The van der Waals surface area contributed by atoms with Crippen LogP contribution in [-0.2, 0) is 0 Å². The maximum absolute atomic E-state index is 12.9. The van der Waals surface area contributed by atoms with E-state index >= 15 is 0 Å². The SMILES string of the molecule is Cc1ncc(C(=O)N2CCC[C@H](COc3ccc(F)cc3)C2)s1. The first kappa shape index (κ1) is 15.9. The van der Waals surface area contributed by atoms with E-state index in [4.69, 9.17) is 4.74 Å². The molecule has 0 N–H and O–H groups in total. The van der Waals surface area contributed by atoms with Crippen molar-refractivity contribution in [1.29, 1.82) is 0 Å². The average molecular weight is 334 g/mol. The normalized spacial score (nSPS) is 18.0. The van der Waals surface area contributed by atoms with Gasteiger partial charge in [-0.05, 0) is 44.0 Å². The second-order valence-electron chi connectivity index (χ2n) is 5.77. The fourth-order valence-electron chi connectivity index (χ4n) is 2.75. The van der Waals surface area contributed by atoms with Gasteiger partial charge < -0.3 is 9.64 Å². The summed E-state index contributed by atoms with van der Waals surface area (Å²) < 4.78 is 18.6. The lowest BCUT2D eigenvalue weighted by atomic mass is 9.99. The largest absolute Gasteiger partial charge is 0.493 e. The Labute approximate surface area is 138 Å². The molecule has 3 rings (SSSR count). The number of aryl methyl sites for hydroxylation is 1. The topological polar surface area (TPSA) is 42.4 Å². The van der Waals surface area contributed by atoms with Crippen molar-refractivity contribution < 1.29 is 13.9 Å². The summed E-state index contributed by atoms with van der Waals surface area (Å²) in [5.74, 6) is 0.744. The lowest BCUT2D eigenvalue weighted by Crippen LogP contribution is -2.41. The Kier molecular flexibility index (Phi) is 4.91. The molecule has 0 aliphatic carbocycles. The third-order valence-corrected chi connectivity index (χ3v) is 4.84. The highest BCUT2D eigenvalue weighted by Gasteiger charge is 2.26. The molecule has 1 aromatic heterocycles. The minimum atomic E-state index is -0.272. The van der Waals surface area contributed by atoms with Gasteiger partial charge in [-0.2, -0.15) is 0 Å². The molecule has 0 saturated carbocycles. The number of rotatable bonds is 4. The van der Waals surface area contributed by atoms with Crippen molar-refractivity contribution in [3.8, 4) is 5.75 Å². The van der Waals surface area contributed by atoms with Gasteiger partial charge >= 0.3 is 0 Å². The Morgan fingerprint density at radius 2 is 2.22 bits per heavy atom. The van der Waals surface area contributed by atoms with E-state index in [1.807, 2.05) is 11.8 Å². The first-order chi connectivity index (χ1) is 11.1. The van der Waals surface area contributed by atoms with Crippen LogP contribution in [0.15, 0.2) is 30.5 Å². The van der Waals surface area contributed by atoms with Crippen LogP contribution in [0.2, 0.25) is 0 Å². The molecular weight excluding hydrogens is 315 g/mol. The van der Waals surface area contributed by atoms with Crippen LogP contribution < -0.4 is 4.74 Å². The molecule has 6 heteroatoms. The van der Waals surface area contributed by atoms with E-state index in [1.54, 1.807) is 18.3 Å². The molecule has 1 amide bonds. The number of aromatic nitrogens is 1. The molecule has 1 atom stereocenters. The number of benzene rings is 1. The third-order valence-electron chi connectivity index (χ3n) is 3.94. The molecule has 1 aliphatic rings. The lowest BCUT2D eigenvalue weighted by molar-refractivity contribution is 0.0638. The van der Waals surface area contributed by atoms with Gasteiger partial charge in [-0.15, -0.1) is 11.3 Å². The highest BCUT2D eigenvalue weighted by atomic mass is 32.1. The van der Waals surface area contributed by atoms with Crippen molar-refractivity contribution in [3.05, 3.63) is 46.2 Å². The smallest absolute Gasteiger partial charge is 0.265 e. The number of nitrogens with zero attached hydrogens (tertiary/aromatic N) is 2. The van der Waals surface area contributed by atoms with Crippen LogP contribution in [0.5, 0.6) is 5.75 Å². The quantitative estimate of drug-likeness (QED) is 0.859. The summed E-state index contributed by atoms with van der Waals surface area (Å²) in [7, 11) is 0. The Hall–Kier alpha value is -1.95. The predicted molar refractivity (Wildman–Crippen MR) is 87.4 cm³/mol. The molecule has 2 heterocycles. The number of carbonyl (C=O) groups is 1. The van der Waals surface area contributed by atoms with Crippen molar-refractivity contribution in [1.82, 2.24) is 9.88 Å². The molecule has 1 fully saturated rings. The van der Waals surface area contributed by atoms with Crippen LogP contribution in [0.3, 0.4) is 0 Å². The van der Waals surface area contributed by atoms with Gasteiger partial charge in [0.25, 0.3) is 5.91 Å². The summed E-state index contributed by atoms with van der Waals surface area (Å²) in [5, 5.41) is 0.904. The summed E-state index contributed by atoms with van der Waals surface area (Å²) in [4.78, 5) is 19.2. The second kappa shape index (κ2) is 7.08. The molecule has 2 aromatic rings.